The summed E-state index contributed by atoms with van der Waals surface area (Å²) in [7, 11) is 0. The van der Waals surface area contributed by atoms with Gasteiger partial charge in [0, 0.05) is 5.56 Å². The van der Waals surface area contributed by atoms with Crippen LogP contribution in [0.15, 0.2) is 23.2 Å². The number of nitrogens with one attached hydrogen (secondary N) is 1. The van der Waals surface area contributed by atoms with Gasteiger partial charge in [-0.3, -0.25) is 4.99 Å². The van der Waals surface area contributed by atoms with Crippen LogP contribution in [0.3, 0.4) is 0 Å². The van der Waals surface area contributed by atoms with Gasteiger partial charge in [-0.1, -0.05) is 6.07 Å². The lowest BCUT2D eigenvalue weighted by Crippen LogP contribution is -2.30. The molecule has 0 saturated carbocycles. The molecule has 2 rings (SSSR count). The van der Waals surface area contributed by atoms with E-state index in [4.69, 9.17) is 5.73 Å². The summed E-state index contributed by atoms with van der Waals surface area (Å²) in [4.78, 5) is 3.83. The van der Waals surface area contributed by atoms with Gasteiger partial charge in [0.15, 0.2) is 5.96 Å². The molecule has 0 bridgehead atoms. The van der Waals surface area contributed by atoms with E-state index in [0.717, 1.165) is 0 Å². The first-order valence-electron chi connectivity index (χ1n) is 4.19. The van der Waals surface area contributed by atoms with Crippen molar-refractivity contribution in [3.8, 4) is 0 Å². The predicted molar refractivity (Wildman–Crippen MR) is 48.7 cm³/mol. The van der Waals surface area contributed by atoms with E-state index >= 15 is 0 Å². The van der Waals surface area contributed by atoms with E-state index in [1.165, 1.54) is 18.2 Å². The second-order valence-electron chi connectivity index (χ2n) is 3.06. The van der Waals surface area contributed by atoms with Gasteiger partial charge in [0.05, 0.1) is 12.6 Å². The van der Waals surface area contributed by atoms with E-state index in [1.54, 1.807) is 0 Å². The SMILES string of the molecule is NC1=NCC(c2c(F)cccc2F)N1. The second kappa shape index (κ2) is 3.25. The third-order valence-corrected chi connectivity index (χ3v) is 2.11. The summed E-state index contributed by atoms with van der Waals surface area (Å²) in [5.41, 5.74) is 5.35. The van der Waals surface area contributed by atoms with Crippen LogP contribution in [0.4, 0.5) is 8.78 Å². The number of guanidine groups is 1. The maximum absolute atomic E-state index is 13.3. The Morgan fingerprint density at radius 1 is 1.36 bits per heavy atom. The Bertz CT molecular complexity index is 369. The molecule has 1 aliphatic rings. The minimum atomic E-state index is -0.576. The Hall–Kier alpha value is -1.65. The smallest absolute Gasteiger partial charge is 0.189 e. The van der Waals surface area contributed by atoms with Crippen LogP contribution >= 0.6 is 0 Å². The maximum atomic E-state index is 13.3. The minimum absolute atomic E-state index is 0.00306. The molecule has 1 aromatic rings. The third kappa shape index (κ3) is 1.41. The summed E-state index contributed by atoms with van der Waals surface area (Å²) < 4.78 is 26.5. The lowest BCUT2D eigenvalue weighted by Gasteiger charge is -2.12. The van der Waals surface area contributed by atoms with Crippen molar-refractivity contribution in [1.29, 1.82) is 0 Å². The summed E-state index contributed by atoms with van der Waals surface area (Å²) in [5, 5.41) is 2.70. The predicted octanol–water partition coefficient (Wildman–Crippen LogP) is 0.924. The van der Waals surface area contributed by atoms with Gasteiger partial charge in [-0.2, -0.15) is 0 Å². The number of nitrogens with zero attached hydrogens (tertiary/aromatic N) is 1. The van der Waals surface area contributed by atoms with Crippen LogP contribution in [0.5, 0.6) is 0 Å². The van der Waals surface area contributed by atoms with E-state index in [2.05, 4.69) is 10.3 Å². The van der Waals surface area contributed by atoms with Crippen molar-refractivity contribution < 1.29 is 8.78 Å². The van der Waals surface area contributed by atoms with Crippen molar-refractivity contribution in [3.05, 3.63) is 35.4 Å². The molecular formula is C9H9F2N3. The van der Waals surface area contributed by atoms with Crippen molar-refractivity contribution in [2.24, 2.45) is 10.7 Å². The van der Waals surface area contributed by atoms with Crippen LogP contribution in [0.25, 0.3) is 0 Å². The fourth-order valence-electron chi connectivity index (χ4n) is 1.47. The quantitative estimate of drug-likeness (QED) is 0.703. The molecule has 0 aliphatic carbocycles. The summed E-state index contributed by atoms with van der Waals surface area (Å²) in [5.74, 6) is -0.933. The molecule has 5 heteroatoms. The van der Waals surface area contributed by atoms with Crippen molar-refractivity contribution in [2.45, 2.75) is 6.04 Å². The number of aliphatic imine (C=N–C) groups is 1. The third-order valence-electron chi connectivity index (χ3n) is 2.11. The van der Waals surface area contributed by atoms with E-state index in [9.17, 15) is 8.78 Å². The first-order chi connectivity index (χ1) is 6.68. The normalized spacial score (nSPS) is 20.4. The highest BCUT2D eigenvalue weighted by Crippen LogP contribution is 2.22. The van der Waals surface area contributed by atoms with E-state index in [0.29, 0.717) is 0 Å². The summed E-state index contributed by atoms with van der Waals surface area (Å²) in [6.07, 6.45) is 0. The standard InChI is InChI=1S/C9H9F2N3/c10-5-2-1-3-6(11)8(5)7-4-13-9(12)14-7/h1-3,7H,4H2,(H3,12,13,14). The molecule has 0 fully saturated rings. The van der Waals surface area contributed by atoms with Crippen LogP contribution in [-0.4, -0.2) is 12.5 Å². The minimum Gasteiger partial charge on any atom is -0.370 e. The lowest BCUT2D eigenvalue weighted by atomic mass is 10.1. The van der Waals surface area contributed by atoms with E-state index in [-0.39, 0.29) is 18.1 Å². The zero-order chi connectivity index (χ0) is 10.1. The van der Waals surface area contributed by atoms with Gasteiger partial charge in [0.25, 0.3) is 0 Å². The highest BCUT2D eigenvalue weighted by molar-refractivity contribution is 5.80. The van der Waals surface area contributed by atoms with E-state index in [1.807, 2.05) is 0 Å². The monoisotopic (exact) mass is 197 g/mol. The van der Waals surface area contributed by atoms with Crippen molar-refractivity contribution in [1.82, 2.24) is 5.32 Å². The van der Waals surface area contributed by atoms with Crippen LogP contribution in [0, 0.1) is 11.6 Å². The van der Waals surface area contributed by atoms with Gasteiger partial charge >= 0.3 is 0 Å². The van der Waals surface area contributed by atoms with Crippen LogP contribution in [0.2, 0.25) is 0 Å². The second-order valence-corrected chi connectivity index (χ2v) is 3.06. The Balaban J connectivity index is 2.33. The molecule has 0 saturated heterocycles. The van der Waals surface area contributed by atoms with Gasteiger partial charge in [0.2, 0.25) is 0 Å². The van der Waals surface area contributed by atoms with Crippen molar-refractivity contribution in [3.63, 3.8) is 0 Å². The Kier molecular flexibility index (Phi) is 2.07. The largest absolute Gasteiger partial charge is 0.370 e. The maximum Gasteiger partial charge on any atom is 0.189 e. The molecule has 1 unspecified atom stereocenters. The first kappa shape index (κ1) is 8.93. The van der Waals surface area contributed by atoms with Crippen molar-refractivity contribution >= 4 is 5.96 Å². The molecule has 1 aliphatic heterocycles. The molecular weight excluding hydrogens is 188 g/mol. The number of benzene rings is 1. The van der Waals surface area contributed by atoms with Crippen molar-refractivity contribution in [2.75, 3.05) is 6.54 Å². The highest BCUT2D eigenvalue weighted by Gasteiger charge is 2.23. The zero-order valence-electron chi connectivity index (χ0n) is 7.30. The molecule has 14 heavy (non-hydrogen) atoms. The summed E-state index contributed by atoms with van der Waals surface area (Å²) >= 11 is 0. The summed E-state index contributed by atoms with van der Waals surface area (Å²) in [6, 6.07) is 3.27. The average molecular weight is 197 g/mol. The molecule has 74 valence electrons. The fraction of sp³-hybridized carbons (Fsp3) is 0.222. The van der Waals surface area contributed by atoms with E-state index < -0.39 is 17.7 Å². The van der Waals surface area contributed by atoms with Gasteiger partial charge in [-0.25, -0.2) is 8.78 Å². The topological polar surface area (TPSA) is 50.4 Å². The number of nitrogens with two attached hydrogens (primary N) is 1. The molecule has 0 radical (unpaired) electrons. The number of hydrogen-bond donors (Lipinski definition) is 2. The lowest BCUT2D eigenvalue weighted by molar-refractivity contribution is 0.521. The van der Waals surface area contributed by atoms with Crippen LogP contribution in [-0.2, 0) is 0 Å². The Morgan fingerprint density at radius 3 is 2.50 bits per heavy atom. The number of hydrogen-bond acceptors (Lipinski definition) is 3. The molecule has 0 aromatic heterocycles. The van der Waals surface area contributed by atoms with Crippen LogP contribution in [0.1, 0.15) is 11.6 Å². The fourth-order valence-corrected chi connectivity index (χ4v) is 1.47. The average Bonchev–Trinajstić information content (AvgIpc) is 2.51. The van der Waals surface area contributed by atoms with Gasteiger partial charge < -0.3 is 11.1 Å². The summed E-state index contributed by atoms with van der Waals surface area (Å²) in [6.45, 7) is 0.268. The molecule has 3 N–H and O–H groups in total. The molecule has 0 amide bonds. The molecule has 1 heterocycles. The highest BCUT2D eigenvalue weighted by atomic mass is 19.1. The van der Waals surface area contributed by atoms with Gasteiger partial charge in [-0.05, 0) is 12.1 Å². The number of rotatable bonds is 1. The van der Waals surface area contributed by atoms with Gasteiger partial charge in [0.1, 0.15) is 11.6 Å². The zero-order valence-corrected chi connectivity index (χ0v) is 7.30. The Morgan fingerprint density at radius 2 is 2.00 bits per heavy atom. The molecule has 1 aromatic carbocycles. The number of halogens is 2. The first-order valence-corrected chi connectivity index (χ1v) is 4.19. The molecule has 1 atom stereocenters. The molecule has 3 nitrogen and oxygen atoms in total. The van der Waals surface area contributed by atoms with Crippen LogP contribution < -0.4 is 11.1 Å². The Labute approximate surface area is 79.6 Å². The molecule has 0 spiro atoms. The van der Waals surface area contributed by atoms with Gasteiger partial charge in [-0.15, -0.1) is 0 Å².